The SMILES string of the molecule is O=C(CCC1CCN(c2ccccc2[N+](=O)[O-])CC1)Nc1nnc2ccccn12. The molecule has 1 aromatic carbocycles. The van der Waals surface area contributed by atoms with Gasteiger partial charge in [-0.2, -0.15) is 0 Å². The molecule has 3 aromatic rings. The smallest absolute Gasteiger partial charge is 0.292 e. The number of nitro benzene ring substituents is 1. The highest BCUT2D eigenvalue weighted by Gasteiger charge is 2.24. The fraction of sp³-hybridized carbons (Fsp3) is 0.350. The molecular formula is C20H22N6O3. The molecule has 0 atom stereocenters. The fourth-order valence-electron chi connectivity index (χ4n) is 3.80. The minimum atomic E-state index is -0.333. The van der Waals surface area contributed by atoms with Crippen LogP contribution in [0, 0.1) is 16.0 Å². The van der Waals surface area contributed by atoms with Gasteiger partial charge in [-0.05, 0) is 43.4 Å². The largest absolute Gasteiger partial charge is 0.366 e. The molecule has 0 aliphatic carbocycles. The van der Waals surface area contributed by atoms with Crippen LogP contribution in [0.4, 0.5) is 17.3 Å². The zero-order valence-corrected chi connectivity index (χ0v) is 15.9. The number of aromatic nitrogens is 3. The summed E-state index contributed by atoms with van der Waals surface area (Å²) in [6, 6.07) is 12.4. The van der Waals surface area contributed by atoms with E-state index in [9.17, 15) is 14.9 Å². The number of pyridine rings is 1. The molecule has 9 nitrogen and oxygen atoms in total. The third kappa shape index (κ3) is 4.18. The van der Waals surface area contributed by atoms with Crippen LogP contribution in [0.1, 0.15) is 25.7 Å². The lowest BCUT2D eigenvalue weighted by Gasteiger charge is -2.33. The first kappa shape index (κ1) is 18.9. The quantitative estimate of drug-likeness (QED) is 0.508. The molecule has 0 radical (unpaired) electrons. The summed E-state index contributed by atoms with van der Waals surface area (Å²) in [5, 5.41) is 22.1. The number of amides is 1. The Hall–Kier alpha value is -3.49. The summed E-state index contributed by atoms with van der Waals surface area (Å²) in [4.78, 5) is 25.3. The fourth-order valence-corrected chi connectivity index (χ4v) is 3.80. The van der Waals surface area contributed by atoms with Gasteiger partial charge in [0.1, 0.15) is 5.69 Å². The third-order valence-corrected chi connectivity index (χ3v) is 5.38. The van der Waals surface area contributed by atoms with Gasteiger partial charge in [0, 0.05) is 31.8 Å². The maximum absolute atomic E-state index is 12.3. The van der Waals surface area contributed by atoms with Gasteiger partial charge in [0.05, 0.1) is 4.92 Å². The van der Waals surface area contributed by atoms with Crippen LogP contribution in [0.5, 0.6) is 0 Å². The van der Waals surface area contributed by atoms with Crippen molar-refractivity contribution in [2.75, 3.05) is 23.3 Å². The lowest BCUT2D eigenvalue weighted by molar-refractivity contribution is -0.384. The van der Waals surface area contributed by atoms with Crippen LogP contribution in [-0.2, 0) is 4.79 Å². The van der Waals surface area contributed by atoms with Crippen molar-refractivity contribution in [1.82, 2.24) is 14.6 Å². The van der Waals surface area contributed by atoms with Crippen molar-refractivity contribution in [3.05, 3.63) is 58.8 Å². The van der Waals surface area contributed by atoms with Gasteiger partial charge in [0.15, 0.2) is 5.65 Å². The number of carbonyl (C=O) groups is 1. The highest BCUT2D eigenvalue weighted by molar-refractivity contribution is 5.89. The second kappa shape index (κ2) is 8.26. The molecular weight excluding hydrogens is 372 g/mol. The average Bonchev–Trinajstić information content (AvgIpc) is 3.15. The van der Waals surface area contributed by atoms with E-state index in [4.69, 9.17) is 0 Å². The van der Waals surface area contributed by atoms with E-state index in [1.54, 1.807) is 22.6 Å². The highest BCUT2D eigenvalue weighted by Crippen LogP contribution is 2.32. The van der Waals surface area contributed by atoms with E-state index in [0.717, 1.165) is 32.4 Å². The van der Waals surface area contributed by atoms with Gasteiger partial charge in [-0.3, -0.25) is 24.6 Å². The van der Waals surface area contributed by atoms with Gasteiger partial charge < -0.3 is 4.90 Å². The van der Waals surface area contributed by atoms with Crippen molar-refractivity contribution < 1.29 is 9.72 Å². The Bertz CT molecular complexity index is 1030. The Morgan fingerprint density at radius 1 is 1.14 bits per heavy atom. The minimum Gasteiger partial charge on any atom is -0.366 e. The first-order valence-corrected chi connectivity index (χ1v) is 9.70. The van der Waals surface area contributed by atoms with Crippen molar-refractivity contribution in [3.8, 4) is 0 Å². The number of hydrogen-bond acceptors (Lipinski definition) is 6. The second-order valence-corrected chi connectivity index (χ2v) is 7.22. The molecule has 1 N–H and O–H groups in total. The summed E-state index contributed by atoms with van der Waals surface area (Å²) in [6.07, 6.45) is 4.83. The van der Waals surface area contributed by atoms with E-state index in [0.29, 0.717) is 29.6 Å². The third-order valence-electron chi connectivity index (χ3n) is 5.38. The number of fused-ring (bicyclic) bond motifs is 1. The van der Waals surface area contributed by atoms with E-state index in [1.165, 1.54) is 0 Å². The summed E-state index contributed by atoms with van der Waals surface area (Å²) in [5.74, 6) is 0.774. The number of nitrogens with zero attached hydrogens (tertiary/aromatic N) is 5. The number of piperidine rings is 1. The molecule has 0 saturated carbocycles. The van der Waals surface area contributed by atoms with Gasteiger partial charge in [0.25, 0.3) is 5.69 Å². The number of rotatable bonds is 6. The zero-order chi connectivity index (χ0) is 20.2. The normalized spacial score (nSPS) is 14.8. The molecule has 2 aromatic heterocycles. The number of hydrogen-bond donors (Lipinski definition) is 1. The zero-order valence-electron chi connectivity index (χ0n) is 15.9. The van der Waals surface area contributed by atoms with Gasteiger partial charge in [0.2, 0.25) is 11.9 Å². The van der Waals surface area contributed by atoms with Crippen molar-refractivity contribution in [2.45, 2.75) is 25.7 Å². The molecule has 1 aliphatic rings. The molecule has 1 amide bonds. The van der Waals surface area contributed by atoms with Crippen LogP contribution in [0.2, 0.25) is 0 Å². The van der Waals surface area contributed by atoms with Crippen LogP contribution in [0.3, 0.4) is 0 Å². The number of benzene rings is 1. The Morgan fingerprint density at radius 3 is 2.69 bits per heavy atom. The summed E-state index contributed by atoms with van der Waals surface area (Å²) >= 11 is 0. The second-order valence-electron chi connectivity index (χ2n) is 7.22. The summed E-state index contributed by atoms with van der Waals surface area (Å²) < 4.78 is 1.74. The Kier molecular flexibility index (Phi) is 5.37. The van der Waals surface area contributed by atoms with Gasteiger partial charge in [-0.15, -0.1) is 10.2 Å². The lowest BCUT2D eigenvalue weighted by Crippen LogP contribution is -2.34. The minimum absolute atomic E-state index is 0.0794. The topological polar surface area (TPSA) is 106 Å². The Labute approximate surface area is 167 Å². The van der Waals surface area contributed by atoms with Crippen LogP contribution in [0.15, 0.2) is 48.7 Å². The maximum Gasteiger partial charge on any atom is 0.292 e. The van der Waals surface area contributed by atoms with E-state index in [1.807, 2.05) is 30.5 Å². The number of para-hydroxylation sites is 2. The Balaban J connectivity index is 1.28. The maximum atomic E-state index is 12.3. The van der Waals surface area contributed by atoms with Gasteiger partial charge in [-0.1, -0.05) is 18.2 Å². The number of nitro groups is 1. The number of anilines is 2. The van der Waals surface area contributed by atoms with E-state index < -0.39 is 0 Å². The summed E-state index contributed by atoms with van der Waals surface area (Å²) in [7, 11) is 0. The lowest BCUT2D eigenvalue weighted by atomic mass is 9.91. The summed E-state index contributed by atoms with van der Waals surface area (Å²) in [5.41, 5.74) is 1.50. The molecule has 29 heavy (non-hydrogen) atoms. The highest BCUT2D eigenvalue weighted by atomic mass is 16.6. The summed E-state index contributed by atoms with van der Waals surface area (Å²) in [6.45, 7) is 1.51. The van der Waals surface area contributed by atoms with Crippen molar-refractivity contribution in [1.29, 1.82) is 0 Å². The molecule has 1 saturated heterocycles. The monoisotopic (exact) mass is 394 g/mol. The van der Waals surface area contributed by atoms with E-state index >= 15 is 0 Å². The van der Waals surface area contributed by atoms with Crippen molar-refractivity contribution in [2.24, 2.45) is 5.92 Å². The first-order chi connectivity index (χ1) is 14.1. The first-order valence-electron chi connectivity index (χ1n) is 9.70. The standard InChI is InChI=1S/C20H22N6O3/c27-19(21-20-23-22-18-7-3-4-12-25(18)20)9-8-15-10-13-24(14-11-15)16-5-1-2-6-17(16)26(28)29/h1-7,12,15H,8-11,13-14H2,(H,21,23,27). The van der Waals surface area contributed by atoms with Gasteiger partial charge >= 0.3 is 0 Å². The molecule has 1 fully saturated rings. The number of carbonyl (C=O) groups excluding carboxylic acids is 1. The van der Waals surface area contributed by atoms with E-state index in [-0.39, 0.29) is 16.5 Å². The molecule has 150 valence electrons. The van der Waals surface area contributed by atoms with Crippen LogP contribution in [0.25, 0.3) is 5.65 Å². The molecule has 4 rings (SSSR count). The van der Waals surface area contributed by atoms with E-state index in [2.05, 4.69) is 20.4 Å². The van der Waals surface area contributed by atoms with Crippen molar-refractivity contribution >= 4 is 28.9 Å². The van der Waals surface area contributed by atoms with Crippen LogP contribution < -0.4 is 10.2 Å². The van der Waals surface area contributed by atoms with Crippen LogP contribution >= 0.6 is 0 Å². The molecule has 0 unspecified atom stereocenters. The predicted octanol–water partition coefficient (Wildman–Crippen LogP) is 3.27. The molecule has 3 heterocycles. The molecule has 9 heteroatoms. The molecule has 1 aliphatic heterocycles. The predicted molar refractivity (Wildman–Crippen MR) is 109 cm³/mol. The van der Waals surface area contributed by atoms with Gasteiger partial charge in [-0.25, -0.2) is 0 Å². The van der Waals surface area contributed by atoms with Crippen LogP contribution in [-0.4, -0.2) is 38.5 Å². The average molecular weight is 394 g/mol. The van der Waals surface area contributed by atoms with Crippen molar-refractivity contribution in [3.63, 3.8) is 0 Å². The Morgan fingerprint density at radius 2 is 1.90 bits per heavy atom. The molecule has 0 spiro atoms. The molecule has 0 bridgehead atoms. The number of nitrogens with one attached hydrogen (secondary N) is 1.